The summed E-state index contributed by atoms with van der Waals surface area (Å²) in [4.78, 5) is 18.7. The summed E-state index contributed by atoms with van der Waals surface area (Å²) in [5, 5.41) is 0. The Morgan fingerprint density at radius 1 is 1.27 bits per heavy atom. The SMILES string of the molecule is CCCN1CC(=O)Cc2ccc(Br)cc2C1c1ccncc1. The molecule has 1 aromatic carbocycles. The number of rotatable bonds is 3. The van der Waals surface area contributed by atoms with E-state index >= 15 is 0 Å². The Balaban J connectivity index is 2.15. The van der Waals surface area contributed by atoms with Gasteiger partial charge in [0.05, 0.1) is 12.6 Å². The van der Waals surface area contributed by atoms with Gasteiger partial charge in [-0.05, 0) is 53.9 Å². The Kier molecular flexibility index (Phi) is 4.69. The molecule has 0 spiro atoms. The Morgan fingerprint density at radius 3 is 2.77 bits per heavy atom. The molecule has 0 N–H and O–H groups in total. The Hall–Kier alpha value is -1.52. The number of carbonyl (C=O) groups is 1. The summed E-state index contributed by atoms with van der Waals surface area (Å²) in [7, 11) is 0. The molecular formula is C18H19BrN2O. The fraction of sp³-hybridized carbons (Fsp3) is 0.333. The third kappa shape index (κ3) is 3.13. The molecule has 0 radical (unpaired) electrons. The van der Waals surface area contributed by atoms with Crippen LogP contribution in [0.1, 0.15) is 36.1 Å². The molecule has 0 fully saturated rings. The number of halogens is 1. The molecule has 0 saturated carbocycles. The van der Waals surface area contributed by atoms with Crippen LogP contribution in [-0.2, 0) is 11.2 Å². The third-order valence-corrected chi connectivity index (χ3v) is 4.56. The van der Waals surface area contributed by atoms with E-state index in [0.29, 0.717) is 13.0 Å². The second-order valence-corrected chi connectivity index (χ2v) is 6.63. The third-order valence-electron chi connectivity index (χ3n) is 4.07. The van der Waals surface area contributed by atoms with Gasteiger partial charge in [-0.25, -0.2) is 0 Å². The van der Waals surface area contributed by atoms with Gasteiger partial charge in [0.15, 0.2) is 5.78 Å². The summed E-state index contributed by atoms with van der Waals surface area (Å²) in [6.45, 7) is 3.57. The van der Waals surface area contributed by atoms with Crippen LogP contribution in [0.4, 0.5) is 0 Å². The molecule has 22 heavy (non-hydrogen) atoms. The van der Waals surface area contributed by atoms with Crippen LogP contribution in [0.15, 0.2) is 47.2 Å². The quantitative estimate of drug-likeness (QED) is 0.837. The number of hydrogen-bond donors (Lipinski definition) is 0. The zero-order valence-corrected chi connectivity index (χ0v) is 14.2. The highest BCUT2D eigenvalue weighted by Gasteiger charge is 2.29. The smallest absolute Gasteiger partial charge is 0.151 e. The van der Waals surface area contributed by atoms with Crippen LogP contribution in [0, 0.1) is 0 Å². The van der Waals surface area contributed by atoms with Gasteiger partial charge in [0.25, 0.3) is 0 Å². The summed E-state index contributed by atoms with van der Waals surface area (Å²) in [6.07, 6.45) is 5.19. The molecule has 2 aromatic rings. The molecule has 0 bridgehead atoms. The summed E-state index contributed by atoms with van der Waals surface area (Å²) < 4.78 is 1.05. The maximum absolute atomic E-state index is 12.3. The van der Waals surface area contributed by atoms with Crippen LogP contribution in [0.25, 0.3) is 0 Å². The van der Waals surface area contributed by atoms with Gasteiger partial charge >= 0.3 is 0 Å². The topological polar surface area (TPSA) is 33.2 Å². The molecule has 1 aliphatic heterocycles. The number of aromatic nitrogens is 1. The number of pyridine rings is 1. The zero-order valence-electron chi connectivity index (χ0n) is 12.6. The highest BCUT2D eigenvalue weighted by molar-refractivity contribution is 9.10. The lowest BCUT2D eigenvalue weighted by Gasteiger charge is -2.30. The first-order valence-corrected chi connectivity index (χ1v) is 8.42. The number of Topliss-reactive ketones (excluding diaryl/α,β-unsaturated/α-hetero) is 1. The standard InChI is InChI=1S/C18H19BrN2O/c1-2-9-21-12-16(22)10-14-3-4-15(19)11-17(14)18(21)13-5-7-20-8-6-13/h3-8,11,18H,2,9-10,12H2,1H3. The Labute approximate surface area is 139 Å². The number of nitrogens with zero attached hydrogens (tertiary/aromatic N) is 2. The molecule has 4 heteroatoms. The summed E-state index contributed by atoms with van der Waals surface area (Å²) in [6, 6.07) is 10.5. The lowest BCUT2D eigenvalue weighted by molar-refractivity contribution is -0.119. The largest absolute Gasteiger partial charge is 0.298 e. The average Bonchev–Trinajstić information content (AvgIpc) is 2.64. The molecule has 0 amide bonds. The Bertz CT molecular complexity index is 672. The fourth-order valence-electron chi connectivity index (χ4n) is 3.20. The van der Waals surface area contributed by atoms with E-state index in [4.69, 9.17) is 0 Å². The van der Waals surface area contributed by atoms with E-state index in [1.165, 1.54) is 11.1 Å². The normalized spacial score (nSPS) is 18.8. The van der Waals surface area contributed by atoms with Crippen LogP contribution >= 0.6 is 15.9 Å². The number of benzene rings is 1. The first-order valence-electron chi connectivity index (χ1n) is 7.63. The van der Waals surface area contributed by atoms with Gasteiger partial charge in [0, 0.05) is 23.3 Å². The van der Waals surface area contributed by atoms with Crippen molar-refractivity contribution in [3.05, 3.63) is 63.9 Å². The second kappa shape index (κ2) is 6.71. The minimum absolute atomic E-state index is 0.113. The van der Waals surface area contributed by atoms with Crippen LogP contribution in [0.5, 0.6) is 0 Å². The summed E-state index contributed by atoms with van der Waals surface area (Å²) in [5.41, 5.74) is 3.55. The summed E-state index contributed by atoms with van der Waals surface area (Å²) >= 11 is 3.57. The van der Waals surface area contributed by atoms with E-state index in [9.17, 15) is 4.79 Å². The maximum atomic E-state index is 12.3. The molecule has 3 nitrogen and oxygen atoms in total. The molecule has 114 valence electrons. The van der Waals surface area contributed by atoms with Crippen molar-refractivity contribution in [1.82, 2.24) is 9.88 Å². The van der Waals surface area contributed by atoms with Crippen molar-refractivity contribution in [3.8, 4) is 0 Å². The van der Waals surface area contributed by atoms with E-state index < -0.39 is 0 Å². The number of hydrogen-bond acceptors (Lipinski definition) is 3. The van der Waals surface area contributed by atoms with E-state index in [1.807, 2.05) is 30.6 Å². The molecule has 1 aromatic heterocycles. The van der Waals surface area contributed by atoms with Crippen molar-refractivity contribution in [2.45, 2.75) is 25.8 Å². The van der Waals surface area contributed by atoms with Crippen molar-refractivity contribution < 1.29 is 4.79 Å². The monoisotopic (exact) mass is 358 g/mol. The molecule has 2 heterocycles. The summed E-state index contributed by atoms with van der Waals surface area (Å²) in [5.74, 6) is 0.286. The fourth-order valence-corrected chi connectivity index (χ4v) is 3.57. The first kappa shape index (κ1) is 15.4. The van der Waals surface area contributed by atoms with Crippen LogP contribution < -0.4 is 0 Å². The van der Waals surface area contributed by atoms with Gasteiger partial charge in [-0.3, -0.25) is 14.7 Å². The molecule has 3 rings (SSSR count). The minimum Gasteiger partial charge on any atom is -0.298 e. The van der Waals surface area contributed by atoms with Crippen molar-refractivity contribution in [2.75, 3.05) is 13.1 Å². The molecule has 1 unspecified atom stereocenters. The van der Waals surface area contributed by atoms with Gasteiger partial charge in [-0.15, -0.1) is 0 Å². The highest BCUT2D eigenvalue weighted by atomic mass is 79.9. The maximum Gasteiger partial charge on any atom is 0.151 e. The van der Waals surface area contributed by atoms with Crippen molar-refractivity contribution >= 4 is 21.7 Å². The molecule has 1 atom stereocenters. The van der Waals surface area contributed by atoms with Gasteiger partial charge < -0.3 is 0 Å². The molecular weight excluding hydrogens is 340 g/mol. The second-order valence-electron chi connectivity index (χ2n) is 5.71. The number of carbonyl (C=O) groups excluding carboxylic acids is 1. The van der Waals surface area contributed by atoms with E-state index in [2.05, 4.69) is 44.9 Å². The molecule has 0 saturated heterocycles. The van der Waals surface area contributed by atoms with E-state index in [1.54, 1.807) is 0 Å². The predicted molar refractivity (Wildman–Crippen MR) is 90.8 cm³/mol. The van der Waals surface area contributed by atoms with Gasteiger partial charge in [-0.2, -0.15) is 0 Å². The van der Waals surface area contributed by atoms with Crippen LogP contribution in [0.2, 0.25) is 0 Å². The van der Waals surface area contributed by atoms with E-state index in [0.717, 1.165) is 23.0 Å². The average molecular weight is 359 g/mol. The minimum atomic E-state index is 0.113. The lowest BCUT2D eigenvalue weighted by atomic mass is 9.93. The molecule has 1 aliphatic rings. The number of ketones is 1. The van der Waals surface area contributed by atoms with Crippen LogP contribution in [0.3, 0.4) is 0 Å². The van der Waals surface area contributed by atoms with Gasteiger partial charge in [-0.1, -0.05) is 28.9 Å². The lowest BCUT2D eigenvalue weighted by Crippen LogP contribution is -2.33. The van der Waals surface area contributed by atoms with Gasteiger partial charge in [0.2, 0.25) is 0 Å². The molecule has 0 aliphatic carbocycles. The van der Waals surface area contributed by atoms with Gasteiger partial charge in [0.1, 0.15) is 0 Å². The van der Waals surface area contributed by atoms with Crippen molar-refractivity contribution in [1.29, 1.82) is 0 Å². The zero-order chi connectivity index (χ0) is 15.5. The van der Waals surface area contributed by atoms with Crippen molar-refractivity contribution in [2.24, 2.45) is 0 Å². The first-order chi connectivity index (χ1) is 10.7. The van der Waals surface area contributed by atoms with E-state index in [-0.39, 0.29) is 11.8 Å². The van der Waals surface area contributed by atoms with Crippen molar-refractivity contribution in [3.63, 3.8) is 0 Å². The van der Waals surface area contributed by atoms with Crippen LogP contribution in [-0.4, -0.2) is 28.8 Å². The Morgan fingerprint density at radius 2 is 2.05 bits per heavy atom. The highest BCUT2D eigenvalue weighted by Crippen LogP contribution is 2.35. The number of fused-ring (bicyclic) bond motifs is 1. The predicted octanol–water partition coefficient (Wildman–Crippen LogP) is 3.77.